The van der Waals surface area contributed by atoms with Gasteiger partial charge in [0.05, 0.1) is 11.9 Å². The second kappa shape index (κ2) is 5.44. The van der Waals surface area contributed by atoms with E-state index in [1.165, 1.54) is 0 Å². The summed E-state index contributed by atoms with van der Waals surface area (Å²) in [6.07, 6.45) is -2.03. The van der Waals surface area contributed by atoms with E-state index in [0.29, 0.717) is 5.69 Å². The smallest absolute Gasteiger partial charge is 0.282 e. The molecule has 0 radical (unpaired) electrons. The Hall–Kier alpha value is -2.18. The average Bonchev–Trinajstić information content (AvgIpc) is 2.87. The van der Waals surface area contributed by atoms with Crippen molar-refractivity contribution in [1.29, 1.82) is 0 Å². The predicted molar refractivity (Wildman–Crippen MR) is 65.7 cm³/mol. The SMILES string of the molecule is CCCc1ccc(-n2cc(C(=O)C(F)(F)F)nn2)cc1. The number of Topliss-reactive ketones (excluding diaryl/α,β-unsaturated/α-hetero) is 1. The molecule has 0 aliphatic heterocycles. The van der Waals surface area contributed by atoms with Crippen LogP contribution in [-0.4, -0.2) is 27.0 Å². The van der Waals surface area contributed by atoms with Gasteiger partial charge in [0.15, 0.2) is 5.69 Å². The van der Waals surface area contributed by atoms with Crippen LogP contribution in [0.2, 0.25) is 0 Å². The van der Waals surface area contributed by atoms with Crippen LogP contribution in [-0.2, 0) is 6.42 Å². The summed E-state index contributed by atoms with van der Waals surface area (Å²) >= 11 is 0. The molecule has 0 aliphatic rings. The Kier molecular flexibility index (Phi) is 3.87. The lowest BCUT2D eigenvalue weighted by molar-refractivity contribution is -0.0888. The minimum atomic E-state index is -4.94. The summed E-state index contributed by atoms with van der Waals surface area (Å²) in [7, 11) is 0. The third kappa shape index (κ3) is 3.04. The number of aromatic nitrogens is 3. The molecule has 0 fully saturated rings. The molecular formula is C13H12F3N3O. The van der Waals surface area contributed by atoms with Gasteiger partial charge in [-0.1, -0.05) is 30.7 Å². The Morgan fingerprint density at radius 3 is 2.45 bits per heavy atom. The van der Waals surface area contributed by atoms with Gasteiger partial charge in [-0.05, 0) is 24.1 Å². The molecule has 0 amide bonds. The van der Waals surface area contributed by atoms with E-state index in [-0.39, 0.29) is 0 Å². The molecule has 0 saturated carbocycles. The molecule has 0 saturated heterocycles. The Morgan fingerprint density at radius 2 is 1.90 bits per heavy atom. The largest absolute Gasteiger partial charge is 0.456 e. The molecule has 2 rings (SSSR count). The van der Waals surface area contributed by atoms with Crippen molar-refractivity contribution in [3.8, 4) is 5.69 Å². The lowest BCUT2D eigenvalue weighted by Crippen LogP contribution is -2.23. The molecule has 0 aliphatic carbocycles. The summed E-state index contributed by atoms with van der Waals surface area (Å²) in [5.74, 6) is -1.99. The number of nitrogens with zero attached hydrogens (tertiary/aromatic N) is 3. The van der Waals surface area contributed by atoms with Gasteiger partial charge in [-0.25, -0.2) is 4.68 Å². The van der Waals surface area contributed by atoms with Crippen molar-refractivity contribution in [2.45, 2.75) is 25.9 Å². The van der Waals surface area contributed by atoms with Gasteiger partial charge in [-0.3, -0.25) is 4.79 Å². The molecular weight excluding hydrogens is 271 g/mol. The fourth-order valence-electron chi connectivity index (χ4n) is 1.74. The molecule has 0 bridgehead atoms. The van der Waals surface area contributed by atoms with E-state index >= 15 is 0 Å². The zero-order valence-corrected chi connectivity index (χ0v) is 10.7. The van der Waals surface area contributed by atoms with Gasteiger partial charge in [0.1, 0.15) is 0 Å². The summed E-state index contributed by atoms with van der Waals surface area (Å²) in [4.78, 5) is 11.0. The number of ketones is 1. The first-order valence-corrected chi connectivity index (χ1v) is 6.05. The van der Waals surface area contributed by atoms with Crippen molar-refractivity contribution in [2.75, 3.05) is 0 Å². The number of benzene rings is 1. The third-order valence-electron chi connectivity index (χ3n) is 2.72. The van der Waals surface area contributed by atoms with Gasteiger partial charge >= 0.3 is 6.18 Å². The minimum absolute atomic E-state index is 0.554. The van der Waals surface area contributed by atoms with Crippen LogP contribution in [0.5, 0.6) is 0 Å². The quantitative estimate of drug-likeness (QED) is 0.810. The summed E-state index contributed by atoms with van der Waals surface area (Å²) in [6.45, 7) is 2.06. The number of carbonyl (C=O) groups excluding carboxylic acids is 1. The standard InChI is InChI=1S/C13H12F3N3O/c1-2-3-9-4-6-10(7-5-9)19-8-11(17-18-19)12(20)13(14,15)16/h4-8H,2-3H2,1H3. The maximum absolute atomic E-state index is 12.3. The molecule has 0 atom stereocenters. The Morgan fingerprint density at radius 1 is 1.25 bits per heavy atom. The van der Waals surface area contributed by atoms with Crippen molar-refractivity contribution in [3.05, 3.63) is 41.7 Å². The van der Waals surface area contributed by atoms with E-state index in [9.17, 15) is 18.0 Å². The van der Waals surface area contributed by atoms with Gasteiger partial charge in [0.2, 0.25) is 0 Å². The highest BCUT2D eigenvalue weighted by molar-refractivity contribution is 5.98. The van der Waals surface area contributed by atoms with E-state index in [2.05, 4.69) is 17.2 Å². The van der Waals surface area contributed by atoms with Crippen molar-refractivity contribution in [1.82, 2.24) is 15.0 Å². The van der Waals surface area contributed by atoms with Crippen molar-refractivity contribution in [2.24, 2.45) is 0 Å². The van der Waals surface area contributed by atoms with Crippen LogP contribution >= 0.6 is 0 Å². The highest BCUT2D eigenvalue weighted by atomic mass is 19.4. The summed E-state index contributed by atoms with van der Waals surface area (Å²) < 4.78 is 37.9. The normalized spacial score (nSPS) is 11.6. The molecule has 20 heavy (non-hydrogen) atoms. The first kappa shape index (κ1) is 14.2. The fraction of sp³-hybridized carbons (Fsp3) is 0.308. The van der Waals surface area contributed by atoms with Gasteiger partial charge in [0.25, 0.3) is 5.78 Å². The Bertz CT molecular complexity index is 602. The number of rotatable bonds is 4. The van der Waals surface area contributed by atoms with Crippen LogP contribution in [0.1, 0.15) is 29.4 Å². The van der Waals surface area contributed by atoms with E-state index < -0.39 is 17.7 Å². The molecule has 1 aromatic carbocycles. The maximum Gasteiger partial charge on any atom is 0.456 e. The third-order valence-corrected chi connectivity index (χ3v) is 2.72. The predicted octanol–water partition coefficient (Wildman–Crippen LogP) is 2.96. The number of halogens is 3. The van der Waals surface area contributed by atoms with Crippen LogP contribution in [0.4, 0.5) is 13.2 Å². The van der Waals surface area contributed by atoms with Crippen LogP contribution in [0, 0.1) is 0 Å². The van der Waals surface area contributed by atoms with Gasteiger partial charge in [-0.15, -0.1) is 5.10 Å². The number of carbonyl (C=O) groups is 1. The van der Waals surface area contributed by atoms with E-state index in [1.807, 2.05) is 12.1 Å². The average molecular weight is 283 g/mol. The number of aryl methyl sites for hydroxylation is 1. The van der Waals surface area contributed by atoms with Crippen molar-refractivity contribution < 1.29 is 18.0 Å². The molecule has 4 nitrogen and oxygen atoms in total. The topological polar surface area (TPSA) is 47.8 Å². The molecule has 1 aromatic heterocycles. The van der Waals surface area contributed by atoms with Crippen LogP contribution in [0.3, 0.4) is 0 Å². The minimum Gasteiger partial charge on any atom is -0.282 e. The van der Waals surface area contributed by atoms with Crippen molar-refractivity contribution in [3.63, 3.8) is 0 Å². The first-order valence-electron chi connectivity index (χ1n) is 6.05. The fourth-order valence-corrected chi connectivity index (χ4v) is 1.74. The summed E-state index contributed by atoms with van der Waals surface area (Å²) in [5, 5.41) is 6.80. The second-order valence-corrected chi connectivity index (χ2v) is 4.29. The molecule has 7 heteroatoms. The molecule has 0 N–H and O–H groups in total. The summed E-state index contributed by atoms with van der Waals surface area (Å²) in [6, 6.07) is 7.18. The molecule has 1 heterocycles. The highest BCUT2D eigenvalue weighted by Gasteiger charge is 2.41. The van der Waals surface area contributed by atoms with Crippen LogP contribution in [0.25, 0.3) is 5.69 Å². The van der Waals surface area contributed by atoms with E-state index in [1.54, 1.807) is 12.1 Å². The molecule has 0 unspecified atom stereocenters. The zero-order chi connectivity index (χ0) is 14.8. The van der Waals surface area contributed by atoms with Gasteiger partial charge in [-0.2, -0.15) is 13.2 Å². The highest BCUT2D eigenvalue weighted by Crippen LogP contribution is 2.20. The van der Waals surface area contributed by atoms with Gasteiger partial charge in [0, 0.05) is 0 Å². The lowest BCUT2D eigenvalue weighted by atomic mass is 10.1. The van der Waals surface area contributed by atoms with Crippen LogP contribution < -0.4 is 0 Å². The van der Waals surface area contributed by atoms with Crippen LogP contribution in [0.15, 0.2) is 30.5 Å². The van der Waals surface area contributed by atoms with E-state index in [0.717, 1.165) is 29.3 Å². The molecule has 0 spiro atoms. The van der Waals surface area contributed by atoms with E-state index in [4.69, 9.17) is 0 Å². The molecule has 106 valence electrons. The maximum atomic E-state index is 12.3. The summed E-state index contributed by atoms with van der Waals surface area (Å²) in [5.41, 5.74) is 0.969. The number of hydrogen-bond acceptors (Lipinski definition) is 3. The van der Waals surface area contributed by atoms with Gasteiger partial charge < -0.3 is 0 Å². The Balaban J connectivity index is 2.22. The second-order valence-electron chi connectivity index (χ2n) is 4.29. The molecule has 2 aromatic rings. The monoisotopic (exact) mass is 283 g/mol. The Labute approximate surface area is 113 Å². The first-order chi connectivity index (χ1) is 9.41. The number of hydrogen-bond donors (Lipinski definition) is 0. The van der Waals surface area contributed by atoms with Crippen molar-refractivity contribution >= 4 is 5.78 Å². The lowest BCUT2D eigenvalue weighted by Gasteiger charge is -2.02. The number of alkyl halides is 3. The zero-order valence-electron chi connectivity index (χ0n) is 10.7.